The summed E-state index contributed by atoms with van der Waals surface area (Å²) < 4.78 is 0. The molecule has 16 heavy (non-hydrogen) atoms. The first-order valence-corrected chi connectivity index (χ1v) is 5.19. The minimum Gasteiger partial charge on any atom is -0.356 e. The van der Waals surface area contributed by atoms with E-state index in [1.165, 1.54) is 0 Å². The van der Waals surface area contributed by atoms with Gasteiger partial charge in [-0.25, -0.2) is 0 Å². The Morgan fingerprint density at radius 3 is 2.06 bits per heavy atom. The third kappa shape index (κ3) is 5.01. The lowest BCUT2D eigenvalue weighted by Gasteiger charge is -2.03. The van der Waals surface area contributed by atoms with Crippen LogP contribution in [0.2, 0.25) is 0 Å². The van der Waals surface area contributed by atoms with Crippen LogP contribution in [0.15, 0.2) is 85.3 Å². The molecule has 82 valence electrons. The maximum atomic E-state index is 3.95. The van der Waals surface area contributed by atoms with Gasteiger partial charge in [-0.3, -0.25) is 0 Å². The van der Waals surface area contributed by atoms with Crippen molar-refractivity contribution in [1.82, 2.24) is 5.32 Å². The highest BCUT2D eigenvalue weighted by Crippen LogP contribution is 2.03. The Kier molecular flexibility index (Phi) is 4.87. The van der Waals surface area contributed by atoms with Crippen LogP contribution in [0.5, 0.6) is 0 Å². The van der Waals surface area contributed by atoms with Crippen molar-refractivity contribution in [3.63, 3.8) is 0 Å². The zero-order valence-electron chi connectivity index (χ0n) is 9.45. The van der Waals surface area contributed by atoms with Crippen LogP contribution in [-0.4, -0.2) is 0 Å². The van der Waals surface area contributed by atoms with E-state index in [4.69, 9.17) is 0 Å². The summed E-state index contributed by atoms with van der Waals surface area (Å²) in [5.74, 6) is 0. The van der Waals surface area contributed by atoms with Crippen molar-refractivity contribution in [3.8, 4) is 0 Å². The van der Waals surface area contributed by atoms with Crippen molar-refractivity contribution < 1.29 is 0 Å². The molecule has 1 N–H and O–H groups in total. The number of nitrogens with one attached hydrogen (secondary N) is 1. The van der Waals surface area contributed by atoms with E-state index in [0.717, 1.165) is 23.4 Å². The second-order valence-corrected chi connectivity index (χ2v) is 3.54. The number of allylic oxidation sites excluding steroid dienone is 9. The predicted octanol–water partition coefficient (Wildman–Crippen LogP) is 3.79. The Labute approximate surface area is 97.6 Å². The van der Waals surface area contributed by atoms with Gasteiger partial charge < -0.3 is 5.32 Å². The van der Waals surface area contributed by atoms with E-state index >= 15 is 0 Å². The van der Waals surface area contributed by atoms with Gasteiger partial charge in [0.25, 0.3) is 0 Å². The molecule has 0 bridgehead atoms. The molecule has 0 fully saturated rings. The van der Waals surface area contributed by atoms with E-state index in [2.05, 4.69) is 31.1 Å². The minimum absolute atomic E-state index is 0.813. The molecule has 1 heterocycles. The summed E-state index contributed by atoms with van der Waals surface area (Å²) in [4.78, 5) is 0. The first kappa shape index (κ1) is 12.1. The topological polar surface area (TPSA) is 12.0 Å². The zero-order chi connectivity index (χ0) is 11.8. The summed E-state index contributed by atoms with van der Waals surface area (Å²) in [6.07, 6.45) is 16.5. The molecule has 0 radical (unpaired) electrons. The molecule has 1 heteroatoms. The molecule has 0 saturated carbocycles. The monoisotopic (exact) mass is 211 g/mol. The average molecular weight is 211 g/mol. The SMILES string of the molecule is C=C1/C=C\C=C/C(=C)NC(=C)/C=C\C=C/C1. The summed E-state index contributed by atoms with van der Waals surface area (Å²) in [7, 11) is 0. The number of rotatable bonds is 0. The third-order valence-corrected chi connectivity index (χ3v) is 1.99. The average Bonchev–Trinajstić information content (AvgIpc) is 2.24. The second kappa shape index (κ2) is 6.46. The summed E-state index contributed by atoms with van der Waals surface area (Å²) >= 11 is 0. The number of hydrogen-bond acceptors (Lipinski definition) is 1. The van der Waals surface area contributed by atoms with E-state index in [0.29, 0.717) is 0 Å². The fraction of sp³-hybridized carbons (Fsp3) is 0.0667. The summed E-state index contributed by atoms with van der Waals surface area (Å²) in [6, 6.07) is 0. The maximum Gasteiger partial charge on any atom is 0.0311 e. The van der Waals surface area contributed by atoms with Crippen LogP contribution < -0.4 is 5.32 Å². The second-order valence-electron chi connectivity index (χ2n) is 3.54. The van der Waals surface area contributed by atoms with Crippen molar-refractivity contribution in [2.45, 2.75) is 6.42 Å². The van der Waals surface area contributed by atoms with Crippen LogP contribution >= 0.6 is 0 Å². The molecular formula is C15H17N. The molecule has 0 atom stereocenters. The van der Waals surface area contributed by atoms with Gasteiger partial charge >= 0.3 is 0 Å². The molecule has 0 amide bonds. The van der Waals surface area contributed by atoms with E-state index in [9.17, 15) is 0 Å². The Morgan fingerprint density at radius 2 is 1.38 bits per heavy atom. The van der Waals surface area contributed by atoms with Crippen LogP contribution in [0.4, 0.5) is 0 Å². The van der Waals surface area contributed by atoms with Gasteiger partial charge in [0.15, 0.2) is 0 Å². The van der Waals surface area contributed by atoms with Crippen LogP contribution in [0.3, 0.4) is 0 Å². The van der Waals surface area contributed by atoms with Gasteiger partial charge in [0.2, 0.25) is 0 Å². The molecule has 0 saturated heterocycles. The van der Waals surface area contributed by atoms with E-state index in [1.807, 2.05) is 42.5 Å². The Hall–Kier alpha value is -2.02. The molecule has 1 nitrogen and oxygen atoms in total. The Balaban J connectivity index is 2.80. The van der Waals surface area contributed by atoms with Crippen molar-refractivity contribution in [1.29, 1.82) is 0 Å². The molecule has 0 unspecified atom stereocenters. The maximum absolute atomic E-state index is 3.95. The van der Waals surface area contributed by atoms with Crippen LogP contribution in [0, 0.1) is 0 Å². The zero-order valence-corrected chi connectivity index (χ0v) is 9.45. The van der Waals surface area contributed by atoms with Crippen molar-refractivity contribution in [3.05, 3.63) is 85.3 Å². The Bertz CT molecular complexity index is 403. The smallest absolute Gasteiger partial charge is 0.0311 e. The standard InChI is InChI=1S/C15H17N/c1-13-9-5-4-6-11-14(2)16-15(3)12-8-7-10-13/h4-8,10-12,16H,1-3,9H2/b5-4-,10-7-,11-6-,12-8-. The molecule has 1 aliphatic heterocycles. The highest BCUT2D eigenvalue weighted by Gasteiger charge is 1.88. The fourth-order valence-electron chi connectivity index (χ4n) is 1.19. The quantitative estimate of drug-likeness (QED) is 0.643. The van der Waals surface area contributed by atoms with Crippen LogP contribution in [-0.2, 0) is 0 Å². The third-order valence-electron chi connectivity index (χ3n) is 1.99. The molecule has 0 aromatic carbocycles. The van der Waals surface area contributed by atoms with Gasteiger partial charge in [0.1, 0.15) is 0 Å². The predicted molar refractivity (Wildman–Crippen MR) is 71.7 cm³/mol. The fourth-order valence-corrected chi connectivity index (χ4v) is 1.19. The molecule has 1 aliphatic rings. The first-order chi connectivity index (χ1) is 7.68. The normalized spacial score (nSPS) is 25.6. The van der Waals surface area contributed by atoms with Crippen molar-refractivity contribution in [2.75, 3.05) is 0 Å². The lowest BCUT2D eigenvalue weighted by atomic mass is 10.2. The highest BCUT2D eigenvalue weighted by atomic mass is 14.9. The highest BCUT2D eigenvalue weighted by molar-refractivity contribution is 5.30. The Morgan fingerprint density at radius 1 is 0.812 bits per heavy atom. The van der Waals surface area contributed by atoms with E-state index < -0.39 is 0 Å². The first-order valence-electron chi connectivity index (χ1n) is 5.19. The largest absolute Gasteiger partial charge is 0.356 e. The molecule has 0 aromatic rings. The number of hydrogen-bond donors (Lipinski definition) is 1. The van der Waals surface area contributed by atoms with Gasteiger partial charge in [-0.2, -0.15) is 0 Å². The lowest BCUT2D eigenvalue weighted by Crippen LogP contribution is -2.06. The summed E-state index contributed by atoms with van der Waals surface area (Å²) in [5, 5.41) is 3.08. The van der Waals surface area contributed by atoms with Crippen molar-refractivity contribution in [2.24, 2.45) is 0 Å². The lowest BCUT2D eigenvalue weighted by molar-refractivity contribution is 1.06. The van der Waals surface area contributed by atoms with Gasteiger partial charge in [-0.05, 0) is 18.6 Å². The minimum atomic E-state index is 0.813. The van der Waals surface area contributed by atoms with Crippen LogP contribution in [0.25, 0.3) is 0 Å². The molecule has 0 spiro atoms. The van der Waals surface area contributed by atoms with Gasteiger partial charge in [-0.1, -0.05) is 61.8 Å². The van der Waals surface area contributed by atoms with Gasteiger partial charge in [0.05, 0.1) is 0 Å². The van der Waals surface area contributed by atoms with E-state index in [-0.39, 0.29) is 0 Å². The van der Waals surface area contributed by atoms with E-state index in [1.54, 1.807) is 0 Å². The van der Waals surface area contributed by atoms with Gasteiger partial charge in [-0.15, -0.1) is 0 Å². The van der Waals surface area contributed by atoms with Crippen LogP contribution in [0.1, 0.15) is 6.42 Å². The summed E-state index contributed by atoms with van der Waals surface area (Å²) in [6.45, 7) is 11.7. The van der Waals surface area contributed by atoms with Crippen molar-refractivity contribution >= 4 is 0 Å². The molecular weight excluding hydrogens is 194 g/mol. The molecule has 0 aromatic heterocycles. The molecule has 0 aliphatic carbocycles. The molecule has 1 rings (SSSR count). The van der Waals surface area contributed by atoms with Gasteiger partial charge in [0, 0.05) is 11.4 Å². The summed E-state index contributed by atoms with van der Waals surface area (Å²) in [5.41, 5.74) is 2.71.